The summed E-state index contributed by atoms with van der Waals surface area (Å²) < 4.78 is 5.89. The molecule has 2 aliphatic rings. The maximum atomic E-state index is 10.5. The Balaban J connectivity index is 1.43. The van der Waals surface area contributed by atoms with Gasteiger partial charge < -0.3 is 15.2 Å². The van der Waals surface area contributed by atoms with Gasteiger partial charge in [0.2, 0.25) is 0 Å². The number of aromatic nitrogens is 1. The number of hydrogen-bond donors (Lipinski definition) is 2. The van der Waals surface area contributed by atoms with Crippen LogP contribution in [-0.2, 0) is 16.0 Å². The number of rotatable bonds is 6. The second-order valence-electron chi connectivity index (χ2n) is 5.66. The van der Waals surface area contributed by atoms with E-state index in [4.69, 9.17) is 9.84 Å². The summed E-state index contributed by atoms with van der Waals surface area (Å²) in [5.41, 5.74) is 0.842. The molecule has 0 spiro atoms. The number of morpholine rings is 1. The molecular weight excluding hydrogens is 290 g/mol. The van der Waals surface area contributed by atoms with Gasteiger partial charge in [0.25, 0.3) is 0 Å². The van der Waals surface area contributed by atoms with Gasteiger partial charge in [0, 0.05) is 30.9 Å². The Morgan fingerprint density at radius 2 is 2.52 bits per heavy atom. The molecule has 0 amide bonds. The molecular formula is C14H21N3O3S. The van der Waals surface area contributed by atoms with Crippen LogP contribution in [-0.4, -0.2) is 59.3 Å². The Hall–Kier alpha value is -1.18. The molecule has 0 radical (unpaired) electrons. The summed E-state index contributed by atoms with van der Waals surface area (Å²) in [4.78, 5) is 17.5. The van der Waals surface area contributed by atoms with Gasteiger partial charge in [-0.1, -0.05) is 0 Å². The first-order valence-electron chi connectivity index (χ1n) is 7.46. The van der Waals surface area contributed by atoms with E-state index in [0.717, 1.165) is 30.5 Å². The minimum Gasteiger partial charge on any atom is -0.481 e. The van der Waals surface area contributed by atoms with Crippen molar-refractivity contribution >= 4 is 22.4 Å². The SMILES string of the molecule is O=C(O)CCc1csc(NCC2CN3CCCC3CO2)n1. The molecule has 1 aromatic heterocycles. The molecule has 2 aliphatic heterocycles. The van der Waals surface area contributed by atoms with Crippen LogP contribution >= 0.6 is 11.3 Å². The van der Waals surface area contributed by atoms with E-state index in [0.29, 0.717) is 12.5 Å². The quantitative estimate of drug-likeness (QED) is 0.828. The van der Waals surface area contributed by atoms with Crippen molar-refractivity contribution in [2.45, 2.75) is 37.8 Å². The van der Waals surface area contributed by atoms with Crippen LogP contribution < -0.4 is 5.32 Å². The summed E-state index contributed by atoms with van der Waals surface area (Å²) in [7, 11) is 0. The molecule has 2 fully saturated rings. The van der Waals surface area contributed by atoms with Gasteiger partial charge in [-0.25, -0.2) is 4.98 Å². The normalized spacial score (nSPS) is 25.7. The fraction of sp³-hybridized carbons (Fsp3) is 0.714. The Kier molecular flexibility index (Phi) is 4.72. The summed E-state index contributed by atoms with van der Waals surface area (Å²) in [5, 5.41) is 14.7. The smallest absolute Gasteiger partial charge is 0.303 e. The van der Waals surface area contributed by atoms with Crippen LogP contribution in [0.3, 0.4) is 0 Å². The van der Waals surface area contributed by atoms with E-state index in [-0.39, 0.29) is 12.5 Å². The Labute approximate surface area is 128 Å². The molecule has 3 rings (SSSR count). The minimum atomic E-state index is -0.784. The predicted molar refractivity (Wildman–Crippen MR) is 80.9 cm³/mol. The third-order valence-electron chi connectivity index (χ3n) is 4.09. The lowest BCUT2D eigenvalue weighted by Gasteiger charge is -2.35. The Bertz CT molecular complexity index is 494. The fourth-order valence-corrected chi connectivity index (χ4v) is 3.70. The first-order chi connectivity index (χ1) is 10.2. The summed E-state index contributed by atoms with van der Waals surface area (Å²) in [6.45, 7) is 3.79. The zero-order valence-electron chi connectivity index (χ0n) is 12.0. The largest absolute Gasteiger partial charge is 0.481 e. The molecule has 7 heteroatoms. The molecule has 0 aromatic carbocycles. The van der Waals surface area contributed by atoms with Gasteiger partial charge >= 0.3 is 5.97 Å². The zero-order valence-corrected chi connectivity index (χ0v) is 12.8. The molecule has 0 bridgehead atoms. The minimum absolute atomic E-state index is 0.130. The molecule has 1 aromatic rings. The van der Waals surface area contributed by atoms with E-state index in [1.165, 1.54) is 30.7 Å². The highest BCUT2D eigenvalue weighted by Crippen LogP contribution is 2.23. The van der Waals surface area contributed by atoms with Crippen molar-refractivity contribution in [2.75, 3.05) is 31.6 Å². The van der Waals surface area contributed by atoms with Crippen molar-refractivity contribution < 1.29 is 14.6 Å². The van der Waals surface area contributed by atoms with E-state index in [1.54, 1.807) is 0 Å². The lowest BCUT2D eigenvalue weighted by atomic mass is 10.2. The lowest BCUT2D eigenvalue weighted by Crippen LogP contribution is -2.48. The number of ether oxygens (including phenoxy) is 1. The zero-order chi connectivity index (χ0) is 14.7. The van der Waals surface area contributed by atoms with Gasteiger partial charge in [0.1, 0.15) is 0 Å². The van der Waals surface area contributed by atoms with Crippen LogP contribution in [0.1, 0.15) is 25.0 Å². The lowest BCUT2D eigenvalue weighted by molar-refractivity contribution is -0.136. The molecule has 2 saturated heterocycles. The Morgan fingerprint density at radius 3 is 3.38 bits per heavy atom. The molecule has 2 atom stereocenters. The fourth-order valence-electron chi connectivity index (χ4n) is 2.95. The van der Waals surface area contributed by atoms with Gasteiger partial charge in [0.15, 0.2) is 5.13 Å². The number of fused-ring (bicyclic) bond motifs is 1. The van der Waals surface area contributed by atoms with E-state index < -0.39 is 5.97 Å². The third-order valence-corrected chi connectivity index (χ3v) is 4.94. The highest BCUT2D eigenvalue weighted by atomic mass is 32.1. The molecule has 3 heterocycles. The summed E-state index contributed by atoms with van der Waals surface area (Å²) in [5.74, 6) is -0.784. The topological polar surface area (TPSA) is 74.7 Å². The van der Waals surface area contributed by atoms with E-state index in [1.807, 2.05) is 5.38 Å². The van der Waals surface area contributed by atoms with Crippen LogP contribution in [0.4, 0.5) is 5.13 Å². The van der Waals surface area contributed by atoms with Crippen LogP contribution in [0, 0.1) is 0 Å². The molecule has 2 N–H and O–H groups in total. The molecule has 0 saturated carbocycles. The number of carboxylic acids is 1. The number of thiazole rings is 1. The van der Waals surface area contributed by atoms with Gasteiger partial charge in [-0.2, -0.15) is 0 Å². The highest BCUT2D eigenvalue weighted by Gasteiger charge is 2.31. The van der Waals surface area contributed by atoms with Gasteiger partial charge in [-0.05, 0) is 19.4 Å². The average Bonchev–Trinajstić information content (AvgIpc) is 3.11. The standard InChI is InChI=1S/C14H21N3O3S/c18-13(19)4-3-10-9-21-14(16-10)15-6-12-7-17-5-1-2-11(17)8-20-12/h9,11-12H,1-8H2,(H,15,16)(H,18,19). The predicted octanol–water partition coefficient (Wildman–Crippen LogP) is 1.44. The number of aliphatic carboxylic acids is 1. The van der Waals surface area contributed by atoms with E-state index in [9.17, 15) is 4.79 Å². The second kappa shape index (κ2) is 6.72. The number of carbonyl (C=O) groups is 1. The summed E-state index contributed by atoms with van der Waals surface area (Å²) >= 11 is 1.52. The number of aryl methyl sites for hydroxylation is 1. The molecule has 0 aliphatic carbocycles. The van der Waals surface area contributed by atoms with E-state index >= 15 is 0 Å². The van der Waals surface area contributed by atoms with Gasteiger partial charge in [0.05, 0.1) is 24.8 Å². The van der Waals surface area contributed by atoms with Crippen molar-refractivity contribution in [3.05, 3.63) is 11.1 Å². The Morgan fingerprint density at radius 1 is 1.62 bits per heavy atom. The van der Waals surface area contributed by atoms with Crippen molar-refractivity contribution in [1.82, 2.24) is 9.88 Å². The van der Waals surface area contributed by atoms with Crippen molar-refractivity contribution in [2.24, 2.45) is 0 Å². The van der Waals surface area contributed by atoms with Crippen LogP contribution in [0.25, 0.3) is 0 Å². The van der Waals surface area contributed by atoms with Crippen LogP contribution in [0.15, 0.2) is 5.38 Å². The molecule has 21 heavy (non-hydrogen) atoms. The molecule has 6 nitrogen and oxygen atoms in total. The van der Waals surface area contributed by atoms with Gasteiger partial charge in [-0.15, -0.1) is 11.3 Å². The highest BCUT2D eigenvalue weighted by molar-refractivity contribution is 7.13. The van der Waals surface area contributed by atoms with Gasteiger partial charge in [-0.3, -0.25) is 9.69 Å². The van der Waals surface area contributed by atoms with E-state index in [2.05, 4.69) is 15.2 Å². The molecule has 116 valence electrons. The van der Waals surface area contributed by atoms with Crippen LogP contribution in [0.5, 0.6) is 0 Å². The van der Waals surface area contributed by atoms with Crippen molar-refractivity contribution in [1.29, 1.82) is 0 Å². The van der Waals surface area contributed by atoms with Crippen molar-refractivity contribution in [3.63, 3.8) is 0 Å². The number of anilines is 1. The molecule has 2 unspecified atom stereocenters. The summed E-state index contributed by atoms with van der Waals surface area (Å²) in [6.07, 6.45) is 3.38. The number of nitrogens with one attached hydrogen (secondary N) is 1. The maximum Gasteiger partial charge on any atom is 0.303 e. The number of hydrogen-bond acceptors (Lipinski definition) is 6. The maximum absolute atomic E-state index is 10.5. The van der Waals surface area contributed by atoms with Crippen LogP contribution in [0.2, 0.25) is 0 Å². The second-order valence-corrected chi connectivity index (χ2v) is 6.52. The first kappa shape index (κ1) is 14.7. The first-order valence-corrected chi connectivity index (χ1v) is 8.34. The van der Waals surface area contributed by atoms with Crippen molar-refractivity contribution in [3.8, 4) is 0 Å². The number of nitrogens with zero attached hydrogens (tertiary/aromatic N) is 2. The number of carboxylic acid groups (broad SMARTS) is 1. The third kappa shape index (κ3) is 3.93. The monoisotopic (exact) mass is 311 g/mol. The average molecular weight is 311 g/mol. The summed E-state index contributed by atoms with van der Waals surface area (Å²) in [6, 6.07) is 0.628.